The minimum Gasteiger partial charge on any atom is -0.504 e. The maximum absolute atomic E-state index is 10.6. The van der Waals surface area contributed by atoms with E-state index in [0.29, 0.717) is 18.8 Å². The van der Waals surface area contributed by atoms with Gasteiger partial charge >= 0.3 is 0 Å². The fourth-order valence-electron chi connectivity index (χ4n) is 1.87. The van der Waals surface area contributed by atoms with Crippen molar-refractivity contribution in [3.63, 3.8) is 0 Å². The minimum atomic E-state index is 0.154. The summed E-state index contributed by atoms with van der Waals surface area (Å²) in [6.45, 7) is 1.17. The highest BCUT2D eigenvalue weighted by atomic mass is 16.5. The first kappa shape index (κ1) is 9.83. The van der Waals surface area contributed by atoms with Crippen molar-refractivity contribution >= 4 is 6.41 Å². The van der Waals surface area contributed by atoms with Gasteiger partial charge in [0.05, 0.1) is 7.11 Å². The van der Waals surface area contributed by atoms with E-state index >= 15 is 0 Å². The first-order chi connectivity index (χ1) is 7.26. The number of amides is 1. The van der Waals surface area contributed by atoms with E-state index in [0.717, 1.165) is 24.0 Å². The molecule has 0 aromatic heterocycles. The van der Waals surface area contributed by atoms with E-state index in [1.807, 2.05) is 6.07 Å². The van der Waals surface area contributed by atoms with Crippen LogP contribution in [0.4, 0.5) is 0 Å². The van der Waals surface area contributed by atoms with E-state index in [2.05, 4.69) is 0 Å². The van der Waals surface area contributed by atoms with Crippen molar-refractivity contribution in [2.75, 3.05) is 13.7 Å². The second-order valence-electron chi connectivity index (χ2n) is 3.58. The molecule has 0 atom stereocenters. The monoisotopic (exact) mass is 207 g/mol. The summed E-state index contributed by atoms with van der Waals surface area (Å²) in [4.78, 5) is 12.3. The molecule has 0 saturated heterocycles. The van der Waals surface area contributed by atoms with Crippen LogP contribution in [0.2, 0.25) is 0 Å². The van der Waals surface area contributed by atoms with Crippen LogP contribution < -0.4 is 4.74 Å². The maximum atomic E-state index is 10.6. The average Bonchev–Trinajstić information content (AvgIpc) is 2.29. The predicted octanol–water partition coefficient (Wildman–Crippen LogP) is 0.915. The van der Waals surface area contributed by atoms with Crippen LogP contribution in [0.5, 0.6) is 11.5 Å². The Kier molecular flexibility index (Phi) is 2.49. The molecule has 0 spiro atoms. The lowest BCUT2D eigenvalue weighted by molar-refractivity contribution is -0.118. The number of fused-ring (bicyclic) bond motifs is 1. The molecule has 80 valence electrons. The summed E-state index contributed by atoms with van der Waals surface area (Å²) in [5.74, 6) is 0.614. The molecule has 1 amide bonds. The molecule has 1 aromatic rings. The summed E-state index contributed by atoms with van der Waals surface area (Å²) in [6, 6.07) is 3.70. The number of benzene rings is 1. The number of phenolic OH excluding ortho intramolecular Hbond substituents is 1. The molecule has 1 heterocycles. The Morgan fingerprint density at radius 2 is 2.33 bits per heavy atom. The van der Waals surface area contributed by atoms with E-state index in [9.17, 15) is 9.90 Å². The molecule has 2 rings (SSSR count). The molecule has 0 fully saturated rings. The van der Waals surface area contributed by atoms with Crippen LogP contribution in [0.3, 0.4) is 0 Å². The molecule has 1 aliphatic rings. The molecule has 1 aromatic carbocycles. The minimum absolute atomic E-state index is 0.154. The summed E-state index contributed by atoms with van der Waals surface area (Å²) in [6.07, 6.45) is 1.59. The molecule has 1 N–H and O–H groups in total. The summed E-state index contributed by atoms with van der Waals surface area (Å²) in [5, 5.41) is 9.88. The molecule has 0 radical (unpaired) electrons. The SMILES string of the molecule is COc1ccc2c(c1O)CN(C=O)CC2. The number of nitrogens with zero attached hydrogens (tertiary/aromatic N) is 1. The molecule has 4 heteroatoms. The van der Waals surface area contributed by atoms with Gasteiger partial charge in [0.1, 0.15) is 0 Å². The Morgan fingerprint density at radius 1 is 1.53 bits per heavy atom. The molecular weight excluding hydrogens is 194 g/mol. The number of rotatable bonds is 2. The van der Waals surface area contributed by atoms with Crippen LogP contribution in [-0.2, 0) is 17.8 Å². The van der Waals surface area contributed by atoms with E-state index in [4.69, 9.17) is 4.74 Å². The van der Waals surface area contributed by atoms with Crippen LogP contribution >= 0.6 is 0 Å². The fourth-order valence-corrected chi connectivity index (χ4v) is 1.87. The van der Waals surface area contributed by atoms with Crippen molar-refractivity contribution in [3.05, 3.63) is 23.3 Å². The molecule has 0 saturated carbocycles. The molecule has 0 bridgehead atoms. The molecular formula is C11H13NO3. The largest absolute Gasteiger partial charge is 0.504 e. The van der Waals surface area contributed by atoms with Gasteiger partial charge in [0, 0.05) is 18.7 Å². The third kappa shape index (κ3) is 1.63. The first-order valence-electron chi connectivity index (χ1n) is 4.83. The summed E-state index contributed by atoms with van der Waals surface area (Å²) in [5.41, 5.74) is 1.89. The Labute approximate surface area is 88.1 Å². The summed E-state index contributed by atoms with van der Waals surface area (Å²) in [7, 11) is 1.52. The van der Waals surface area contributed by atoms with Crippen molar-refractivity contribution < 1.29 is 14.6 Å². The lowest BCUT2D eigenvalue weighted by atomic mass is 9.99. The quantitative estimate of drug-likeness (QED) is 0.733. The molecule has 0 unspecified atom stereocenters. The van der Waals surface area contributed by atoms with Gasteiger partial charge in [-0.3, -0.25) is 4.79 Å². The van der Waals surface area contributed by atoms with Crippen molar-refractivity contribution in [2.45, 2.75) is 13.0 Å². The van der Waals surface area contributed by atoms with E-state index in [1.165, 1.54) is 7.11 Å². The van der Waals surface area contributed by atoms with Crippen LogP contribution in [0.1, 0.15) is 11.1 Å². The van der Waals surface area contributed by atoms with Crippen molar-refractivity contribution in [2.24, 2.45) is 0 Å². The lowest BCUT2D eigenvalue weighted by Crippen LogP contribution is -2.29. The number of hydrogen-bond acceptors (Lipinski definition) is 3. The number of carbonyl (C=O) groups excluding carboxylic acids is 1. The highest BCUT2D eigenvalue weighted by Gasteiger charge is 2.20. The highest BCUT2D eigenvalue weighted by molar-refractivity contribution is 5.54. The van der Waals surface area contributed by atoms with Gasteiger partial charge in [-0.1, -0.05) is 6.07 Å². The smallest absolute Gasteiger partial charge is 0.210 e. The molecule has 4 nitrogen and oxygen atoms in total. The van der Waals surface area contributed by atoms with Crippen LogP contribution in [0, 0.1) is 0 Å². The van der Waals surface area contributed by atoms with Crippen molar-refractivity contribution in [1.82, 2.24) is 4.90 Å². The topological polar surface area (TPSA) is 49.8 Å². The van der Waals surface area contributed by atoms with Gasteiger partial charge in [0.25, 0.3) is 0 Å². The summed E-state index contributed by atoms with van der Waals surface area (Å²) >= 11 is 0. The van der Waals surface area contributed by atoms with Gasteiger partial charge in [0.2, 0.25) is 6.41 Å². The number of methoxy groups -OCH3 is 1. The van der Waals surface area contributed by atoms with Gasteiger partial charge in [-0.2, -0.15) is 0 Å². The number of carbonyl (C=O) groups is 1. The second-order valence-corrected chi connectivity index (χ2v) is 3.58. The second kappa shape index (κ2) is 3.81. The zero-order valence-corrected chi connectivity index (χ0v) is 8.56. The zero-order chi connectivity index (χ0) is 10.8. The molecule has 0 aliphatic carbocycles. The van der Waals surface area contributed by atoms with Gasteiger partial charge in [-0.25, -0.2) is 0 Å². The van der Waals surface area contributed by atoms with Gasteiger partial charge < -0.3 is 14.7 Å². The molecule has 15 heavy (non-hydrogen) atoms. The normalized spacial score (nSPS) is 14.6. The van der Waals surface area contributed by atoms with E-state index in [-0.39, 0.29) is 5.75 Å². The average molecular weight is 207 g/mol. The number of ether oxygens (including phenoxy) is 1. The van der Waals surface area contributed by atoms with E-state index in [1.54, 1.807) is 11.0 Å². The third-order valence-corrected chi connectivity index (χ3v) is 2.74. The fraction of sp³-hybridized carbons (Fsp3) is 0.364. The summed E-state index contributed by atoms with van der Waals surface area (Å²) < 4.78 is 5.02. The van der Waals surface area contributed by atoms with Gasteiger partial charge in [-0.05, 0) is 18.1 Å². The first-order valence-corrected chi connectivity index (χ1v) is 4.83. The maximum Gasteiger partial charge on any atom is 0.210 e. The predicted molar refractivity (Wildman–Crippen MR) is 54.8 cm³/mol. The van der Waals surface area contributed by atoms with Gasteiger partial charge in [0.15, 0.2) is 11.5 Å². The van der Waals surface area contributed by atoms with Crippen molar-refractivity contribution in [3.8, 4) is 11.5 Å². The van der Waals surface area contributed by atoms with Gasteiger partial charge in [-0.15, -0.1) is 0 Å². The zero-order valence-electron chi connectivity index (χ0n) is 8.56. The lowest BCUT2D eigenvalue weighted by Gasteiger charge is -2.26. The number of aromatic hydroxyl groups is 1. The van der Waals surface area contributed by atoms with Crippen molar-refractivity contribution in [1.29, 1.82) is 0 Å². The van der Waals surface area contributed by atoms with Crippen LogP contribution in [0.15, 0.2) is 12.1 Å². The Morgan fingerprint density at radius 3 is 3.00 bits per heavy atom. The van der Waals surface area contributed by atoms with Crippen LogP contribution in [0.25, 0.3) is 0 Å². The van der Waals surface area contributed by atoms with E-state index < -0.39 is 0 Å². The van der Waals surface area contributed by atoms with Crippen LogP contribution in [-0.4, -0.2) is 30.1 Å². The third-order valence-electron chi connectivity index (χ3n) is 2.74. The Balaban J connectivity index is 2.41. The Hall–Kier alpha value is -1.71. The number of hydrogen-bond donors (Lipinski definition) is 1. The Bertz CT molecular complexity index is 390. The molecule has 1 aliphatic heterocycles. The standard InChI is InChI=1S/C11H13NO3/c1-15-10-3-2-8-4-5-12(7-13)6-9(8)11(10)14/h2-3,7,14H,4-6H2,1H3. The highest BCUT2D eigenvalue weighted by Crippen LogP contribution is 2.34. The number of phenols is 1.